The smallest absolute Gasteiger partial charge is 0.716 e. The monoisotopic (exact) mass is 550 g/mol. The molecule has 0 N–H and O–H groups in total. The van der Waals surface area contributed by atoms with Crippen LogP contribution in [-0.2, 0) is 28.0 Å². The van der Waals surface area contributed by atoms with Crippen LogP contribution in [0.15, 0.2) is 91.3 Å². The zero-order valence-electron chi connectivity index (χ0n) is 19.5. The van der Waals surface area contributed by atoms with Gasteiger partial charge in [0.15, 0.2) is 11.5 Å². The van der Waals surface area contributed by atoms with E-state index in [1.54, 1.807) is 60.9 Å². The summed E-state index contributed by atoms with van der Waals surface area (Å²) < 4.78 is 70.4. The quantitative estimate of drug-likeness (QED) is 0.124. The van der Waals surface area contributed by atoms with Crippen LogP contribution in [0.4, 0.5) is 0 Å². The molecule has 0 fully saturated rings. The van der Waals surface area contributed by atoms with Gasteiger partial charge < -0.3 is 17.7 Å². The molecule has 2 aromatic heterocycles. The van der Waals surface area contributed by atoms with Crippen molar-refractivity contribution in [2.75, 3.05) is 0 Å². The van der Waals surface area contributed by atoms with Crippen LogP contribution in [0.2, 0.25) is 0 Å². The van der Waals surface area contributed by atoms with Gasteiger partial charge in [0.2, 0.25) is 0 Å². The summed E-state index contributed by atoms with van der Waals surface area (Å²) in [5, 5.41) is 0. The van der Waals surface area contributed by atoms with E-state index in [0.717, 1.165) is 0 Å². The van der Waals surface area contributed by atoms with Gasteiger partial charge in [0.25, 0.3) is 21.4 Å². The van der Waals surface area contributed by atoms with Crippen LogP contribution >= 0.6 is 0 Å². The summed E-state index contributed by atoms with van der Waals surface area (Å²) in [5.41, 5.74) is 2.67. The Morgan fingerprint density at radius 2 is 1.51 bits per heavy atom. The van der Waals surface area contributed by atoms with Gasteiger partial charge in [0, 0.05) is 12.4 Å². The van der Waals surface area contributed by atoms with Gasteiger partial charge in [-0.2, -0.15) is 8.42 Å². The maximum Gasteiger partial charge on any atom is 1.00 e. The van der Waals surface area contributed by atoms with Gasteiger partial charge in [-0.25, -0.2) is 8.42 Å². The largest absolute Gasteiger partial charge is 1.00 e. The molecule has 1 unspecified atom stereocenters. The molecule has 2 aromatic carbocycles. The third-order valence-corrected chi connectivity index (χ3v) is 5.71. The van der Waals surface area contributed by atoms with Crippen LogP contribution in [0.3, 0.4) is 0 Å². The molecule has 186 valence electrons. The van der Waals surface area contributed by atoms with Crippen molar-refractivity contribution in [3.8, 4) is 17.2 Å². The van der Waals surface area contributed by atoms with Crippen LogP contribution in [0.5, 0.6) is 17.2 Å². The Balaban J connectivity index is 0.00000380. The second-order valence-electron chi connectivity index (χ2n) is 7.38. The zero-order chi connectivity index (χ0) is 25.5. The molecule has 0 saturated carbocycles. The first-order chi connectivity index (χ1) is 17.3. The molecule has 0 saturated heterocycles. The molecule has 2 heterocycles. The van der Waals surface area contributed by atoms with Crippen LogP contribution < -0.4 is 42.7 Å². The summed E-state index contributed by atoms with van der Waals surface area (Å²) in [6.45, 7) is 0.0697. The fourth-order valence-electron chi connectivity index (χ4n) is 3.52. The summed E-state index contributed by atoms with van der Waals surface area (Å²) in [6, 6.07) is 21.4. The van der Waals surface area contributed by atoms with Crippen molar-refractivity contribution in [3.63, 3.8) is 0 Å². The molecule has 0 bridgehead atoms. The Morgan fingerprint density at radius 3 is 2.11 bits per heavy atom. The standard InChI is InChI=1S/C24H20N2O8S2.Na/c27-35(28)33-22-12-9-18(15-23(22)32-16-19-5-1-3-13-25-19)24(21-6-2-4-14-26-21)17-7-10-20(11-8-17)34-36(29,30)31;/h1-15,24,35H,16H2,(H,29,30,31);/q;+1/p-1. The second-order valence-corrected chi connectivity index (χ2v) is 8.99. The average Bonchev–Trinajstić information content (AvgIpc) is 2.85. The minimum absolute atomic E-state index is 0. The molecule has 0 spiro atoms. The molecule has 10 nitrogen and oxygen atoms in total. The summed E-state index contributed by atoms with van der Waals surface area (Å²) in [5.74, 6) is -0.405. The molecule has 13 heteroatoms. The van der Waals surface area contributed by atoms with Crippen molar-refractivity contribution in [2.24, 2.45) is 0 Å². The minimum Gasteiger partial charge on any atom is -0.716 e. The molecule has 0 aliphatic heterocycles. The normalized spacial score (nSPS) is 11.8. The van der Waals surface area contributed by atoms with E-state index in [4.69, 9.17) is 8.92 Å². The van der Waals surface area contributed by atoms with E-state index in [-0.39, 0.29) is 53.4 Å². The van der Waals surface area contributed by atoms with Gasteiger partial charge in [-0.3, -0.25) is 9.97 Å². The number of benzene rings is 2. The van der Waals surface area contributed by atoms with Crippen molar-refractivity contribution < 1.29 is 64.0 Å². The van der Waals surface area contributed by atoms with Crippen LogP contribution in [0, 0.1) is 0 Å². The van der Waals surface area contributed by atoms with Crippen LogP contribution in [0.25, 0.3) is 0 Å². The number of aromatic nitrogens is 2. The Hall–Kier alpha value is -3.00. The maximum absolute atomic E-state index is 11.2. The molecule has 4 aromatic rings. The van der Waals surface area contributed by atoms with Crippen molar-refractivity contribution in [1.82, 2.24) is 9.97 Å². The van der Waals surface area contributed by atoms with Crippen LogP contribution in [-0.4, -0.2) is 31.4 Å². The Kier molecular flexibility index (Phi) is 10.0. The number of rotatable bonds is 10. The molecular weight excluding hydrogens is 531 g/mol. The number of pyridine rings is 2. The van der Waals surface area contributed by atoms with E-state index in [2.05, 4.69) is 14.2 Å². The third kappa shape index (κ3) is 8.25. The molecule has 0 aliphatic carbocycles. The third-order valence-electron chi connectivity index (χ3n) is 4.97. The number of hydrogen-bond donors (Lipinski definition) is 1. The van der Waals surface area contributed by atoms with Crippen molar-refractivity contribution in [3.05, 3.63) is 114 Å². The molecule has 0 aliphatic rings. The Morgan fingerprint density at radius 1 is 0.838 bits per heavy atom. The number of hydrogen-bond acceptors (Lipinski definition) is 10. The Labute approximate surface area is 237 Å². The predicted octanol–water partition coefficient (Wildman–Crippen LogP) is -0.0160. The molecule has 4 rings (SSSR count). The van der Waals surface area contributed by atoms with Gasteiger partial charge in [0.1, 0.15) is 12.4 Å². The molecular formula is C24H19N2NaO8S2. The molecule has 1 atom stereocenters. The fraction of sp³-hybridized carbons (Fsp3) is 0.0833. The Bertz CT molecular complexity index is 1490. The summed E-state index contributed by atoms with van der Waals surface area (Å²) >= 11 is 0. The molecule has 37 heavy (non-hydrogen) atoms. The zero-order valence-corrected chi connectivity index (χ0v) is 23.2. The first-order valence-electron chi connectivity index (χ1n) is 10.4. The van der Waals surface area contributed by atoms with Gasteiger partial charge >= 0.3 is 29.6 Å². The van der Waals surface area contributed by atoms with E-state index in [0.29, 0.717) is 22.5 Å². The van der Waals surface area contributed by atoms with Gasteiger partial charge in [0.05, 0.1) is 17.3 Å². The SMILES string of the molecule is O=[SH](=O)Oc1ccc(C(c2ccc(OS(=O)(=O)[O-])cc2)c2ccccn2)cc1OCc1ccccn1.[Na+]. The van der Waals surface area contributed by atoms with Gasteiger partial charge in [-0.05, 0) is 59.7 Å². The topological polar surface area (TPSA) is 145 Å². The number of nitrogens with zero attached hydrogens (tertiary/aromatic N) is 2. The first kappa shape index (κ1) is 28.6. The van der Waals surface area contributed by atoms with Crippen molar-refractivity contribution >= 4 is 21.4 Å². The van der Waals surface area contributed by atoms with Gasteiger partial charge in [-0.1, -0.05) is 30.3 Å². The average molecular weight is 551 g/mol. The number of ether oxygens (including phenoxy) is 1. The van der Waals surface area contributed by atoms with Crippen molar-refractivity contribution in [2.45, 2.75) is 12.5 Å². The van der Waals surface area contributed by atoms with Crippen LogP contribution in [0.1, 0.15) is 28.4 Å². The van der Waals surface area contributed by atoms with E-state index in [1.807, 2.05) is 12.1 Å². The van der Waals surface area contributed by atoms with E-state index in [9.17, 15) is 21.4 Å². The number of thiol groups is 1. The summed E-state index contributed by atoms with van der Waals surface area (Å²) in [6.07, 6.45) is 3.24. The first-order valence-corrected chi connectivity index (χ1v) is 12.9. The van der Waals surface area contributed by atoms with E-state index >= 15 is 0 Å². The maximum atomic E-state index is 11.2. The molecule has 0 radical (unpaired) electrons. The van der Waals surface area contributed by atoms with E-state index < -0.39 is 27.3 Å². The van der Waals surface area contributed by atoms with Gasteiger partial charge in [-0.15, -0.1) is 0 Å². The second kappa shape index (κ2) is 13.0. The van der Waals surface area contributed by atoms with E-state index in [1.165, 1.54) is 18.2 Å². The predicted molar refractivity (Wildman–Crippen MR) is 128 cm³/mol. The minimum atomic E-state index is -4.91. The summed E-state index contributed by atoms with van der Waals surface area (Å²) in [4.78, 5) is 8.65. The fourth-order valence-corrected chi connectivity index (χ4v) is 4.18. The summed E-state index contributed by atoms with van der Waals surface area (Å²) in [7, 11) is -8.09. The van der Waals surface area contributed by atoms with Crippen molar-refractivity contribution in [1.29, 1.82) is 0 Å². The molecule has 0 amide bonds.